The van der Waals surface area contributed by atoms with Gasteiger partial charge in [-0.1, -0.05) is 59.6 Å². The molecule has 3 heteroatoms. The highest BCUT2D eigenvalue weighted by atomic mass is 32.2. The molecule has 0 aliphatic rings. The number of aliphatic carboxylic acids is 1. The minimum absolute atomic E-state index is 0.170. The van der Waals surface area contributed by atoms with E-state index in [1.54, 1.807) is 11.8 Å². The Labute approximate surface area is 161 Å². The van der Waals surface area contributed by atoms with Gasteiger partial charge in [0.2, 0.25) is 0 Å². The van der Waals surface area contributed by atoms with Crippen molar-refractivity contribution in [2.45, 2.75) is 50.3 Å². The van der Waals surface area contributed by atoms with Crippen molar-refractivity contribution in [3.05, 3.63) is 29.8 Å². The van der Waals surface area contributed by atoms with E-state index < -0.39 is 5.97 Å². The first kappa shape index (κ1) is 21.3. The normalized spacial score (nSPS) is 8.50. The maximum absolute atomic E-state index is 10.3. The smallest absolute Gasteiger partial charge is 0.303 e. The fourth-order valence-electron chi connectivity index (χ4n) is 1.81. The number of hydrogen-bond donors (Lipinski definition) is 1. The van der Waals surface area contributed by atoms with Gasteiger partial charge in [-0.2, -0.15) is 0 Å². The fourth-order valence-corrected chi connectivity index (χ4v) is 2.61. The van der Waals surface area contributed by atoms with Crippen molar-refractivity contribution < 1.29 is 9.90 Å². The van der Waals surface area contributed by atoms with Crippen LogP contribution < -0.4 is 0 Å². The van der Waals surface area contributed by atoms with Crippen LogP contribution in [0.5, 0.6) is 0 Å². The third-order valence-corrected chi connectivity index (χ3v) is 4.17. The van der Waals surface area contributed by atoms with Crippen molar-refractivity contribution in [2.24, 2.45) is 0 Å². The Hall–Kier alpha value is -2.72. The Kier molecular flexibility index (Phi) is 12.0. The number of rotatable bonds is 5. The van der Waals surface area contributed by atoms with E-state index in [4.69, 9.17) is 5.11 Å². The average molecular weight is 362 g/mol. The first-order valence-corrected chi connectivity index (χ1v) is 9.42. The fraction of sp³-hybridized carbons (Fsp3) is 0.348. The van der Waals surface area contributed by atoms with E-state index in [9.17, 15) is 4.79 Å². The molecular weight excluding hydrogens is 340 g/mol. The molecule has 1 aromatic carbocycles. The molecule has 2 nitrogen and oxygen atoms in total. The van der Waals surface area contributed by atoms with Crippen LogP contribution in [0.3, 0.4) is 0 Å². The van der Waals surface area contributed by atoms with Gasteiger partial charge >= 0.3 is 5.97 Å². The summed E-state index contributed by atoms with van der Waals surface area (Å²) in [7, 11) is 0. The molecule has 0 fully saturated rings. The number of unbranched alkanes of at least 4 members (excludes halogenated alkanes) is 1. The molecule has 1 N–H and O–H groups in total. The predicted octanol–water partition coefficient (Wildman–Crippen LogP) is 4.53. The summed E-state index contributed by atoms with van der Waals surface area (Å²) in [4.78, 5) is 11.6. The summed E-state index contributed by atoms with van der Waals surface area (Å²) in [6.07, 6.45) is 2.97. The van der Waals surface area contributed by atoms with Crippen LogP contribution in [0, 0.1) is 54.3 Å². The molecule has 0 bridgehead atoms. The van der Waals surface area contributed by atoms with E-state index in [1.165, 1.54) is 10.5 Å². The van der Waals surface area contributed by atoms with Crippen LogP contribution in [0.25, 0.3) is 0 Å². The summed E-state index contributed by atoms with van der Waals surface area (Å²) in [5.41, 5.74) is 1.28. The second-order valence-electron chi connectivity index (χ2n) is 5.25. The maximum atomic E-state index is 10.3. The molecule has 0 amide bonds. The molecule has 1 aromatic rings. The van der Waals surface area contributed by atoms with Gasteiger partial charge in [0.15, 0.2) is 0 Å². The van der Waals surface area contributed by atoms with Crippen LogP contribution >= 0.6 is 11.8 Å². The van der Waals surface area contributed by atoms with Crippen LogP contribution in [0.2, 0.25) is 0 Å². The van der Waals surface area contributed by atoms with Crippen molar-refractivity contribution in [1.29, 1.82) is 0 Å². The van der Waals surface area contributed by atoms with Crippen LogP contribution in [-0.4, -0.2) is 16.8 Å². The van der Waals surface area contributed by atoms with Crippen molar-refractivity contribution in [3.63, 3.8) is 0 Å². The van der Waals surface area contributed by atoms with Crippen LogP contribution in [0.15, 0.2) is 29.2 Å². The quantitative estimate of drug-likeness (QED) is 0.475. The zero-order valence-corrected chi connectivity index (χ0v) is 15.8. The average Bonchev–Trinajstić information content (AvgIpc) is 2.62. The van der Waals surface area contributed by atoms with Gasteiger partial charge in [-0.3, -0.25) is 4.79 Å². The molecule has 0 saturated carbocycles. The first-order chi connectivity index (χ1) is 12.7. The molecule has 0 radical (unpaired) electrons. The van der Waals surface area contributed by atoms with Crippen LogP contribution in [-0.2, 0) is 4.79 Å². The minimum Gasteiger partial charge on any atom is -0.481 e. The Morgan fingerprint density at radius 3 is 2.12 bits per heavy atom. The third-order valence-electron chi connectivity index (χ3n) is 3.12. The second-order valence-corrected chi connectivity index (χ2v) is 6.26. The lowest BCUT2D eigenvalue weighted by Crippen LogP contribution is -1.92. The van der Waals surface area contributed by atoms with Gasteiger partial charge in [-0.05, 0) is 25.0 Å². The van der Waals surface area contributed by atoms with E-state index in [2.05, 4.69) is 66.4 Å². The lowest BCUT2D eigenvalue weighted by Gasteiger charge is -2.00. The highest BCUT2D eigenvalue weighted by Gasteiger charge is 1.94. The Morgan fingerprint density at radius 2 is 1.50 bits per heavy atom. The van der Waals surface area contributed by atoms with Crippen molar-refractivity contribution in [1.82, 2.24) is 0 Å². The zero-order chi connectivity index (χ0) is 18.9. The van der Waals surface area contributed by atoms with Crippen molar-refractivity contribution >= 4 is 17.7 Å². The third kappa shape index (κ3) is 11.8. The standard InChI is InChI=1S/C23H22O2S/c1-21-17-14-15-18-22(21)26-20-16-12-10-8-6-4-2-3-5-7-9-11-13-19-23(24)25/h14-15,17-18H,4-5,10-11,13,19-20H2,1H3,(H,24,25). The van der Waals surface area contributed by atoms with Crippen LogP contribution in [0.1, 0.15) is 44.1 Å². The van der Waals surface area contributed by atoms with Gasteiger partial charge in [0.25, 0.3) is 0 Å². The molecular formula is C23H22O2S. The number of carbonyl (C=O) groups is 1. The molecule has 0 saturated heterocycles. The first-order valence-electron chi connectivity index (χ1n) is 8.43. The lowest BCUT2D eigenvalue weighted by atomic mass is 10.2. The summed E-state index contributed by atoms with van der Waals surface area (Å²) in [5.74, 6) is 23.9. The molecule has 0 aliphatic carbocycles. The van der Waals surface area contributed by atoms with Gasteiger partial charge in [0.05, 0.1) is 25.0 Å². The molecule has 0 aliphatic heterocycles. The predicted molar refractivity (Wildman–Crippen MR) is 108 cm³/mol. The van der Waals surface area contributed by atoms with Crippen molar-refractivity contribution in [3.8, 4) is 47.4 Å². The SMILES string of the molecule is Cc1ccccc1SCC#CCC#CCC#CCC#CCCCC(=O)O. The number of aryl methyl sites for hydroxylation is 1. The van der Waals surface area contributed by atoms with Gasteiger partial charge in [0, 0.05) is 17.7 Å². The topological polar surface area (TPSA) is 37.3 Å². The van der Waals surface area contributed by atoms with Crippen molar-refractivity contribution in [2.75, 3.05) is 5.75 Å². The monoisotopic (exact) mass is 362 g/mol. The summed E-state index contributed by atoms with van der Waals surface area (Å²) in [6.45, 7) is 2.10. The summed E-state index contributed by atoms with van der Waals surface area (Å²) in [5, 5.41) is 8.48. The van der Waals surface area contributed by atoms with Gasteiger partial charge in [-0.15, -0.1) is 17.7 Å². The summed E-state index contributed by atoms with van der Waals surface area (Å²) in [6, 6.07) is 8.30. The Balaban J connectivity index is 2.10. The number of benzene rings is 1. The van der Waals surface area contributed by atoms with Crippen LogP contribution in [0.4, 0.5) is 0 Å². The van der Waals surface area contributed by atoms with E-state index in [0.29, 0.717) is 32.1 Å². The molecule has 1 rings (SSSR count). The largest absolute Gasteiger partial charge is 0.481 e. The molecule has 26 heavy (non-hydrogen) atoms. The van der Waals surface area contributed by atoms with E-state index >= 15 is 0 Å². The minimum atomic E-state index is -0.778. The number of thioether (sulfide) groups is 1. The number of hydrogen-bond acceptors (Lipinski definition) is 2. The summed E-state index contributed by atoms with van der Waals surface area (Å²) < 4.78 is 0. The Morgan fingerprint density at radius 1 is 0.923 bits per heavy atom. The second kappa shape index (κ2) is 14.6. The van der Waals surface area contributed by atoms with Gasteiger partial charge in [0.1, 0.15) is 0 Å². The van der Waals surface area contributed by atoms with E-state index in [1.807, 2.05) is 12.1 Å². The highest BCUT2D eigenvalue weighted by molar-refractivity contribution is 7.99. The molecule has 0 atom stereocenters. The summed E-state index contributed by atoms with van der Waals surface area (Å²) >= 11 is 1.75. The van der Waals surface area contributed by atoms with E-state index in [0.717, 1.165) is 5.75 Å². The number of carboxylic acid groups (broad SMARTS) is 1. The Bertz CT molecular complexity index is 824. The lowest BCUT2D eigenvalue weighted by molar-refractivity contribution is -0.137. The van der Waals surface area contributed by atoms with E-state index in [-0.39, 0.29) is 6.42 Å². The number of carboxylic acids is 1. The molecule has 0 spiro atoms. The van der Waals surface area contributed by atoms with Gasteiger partial charge in [-0.25, -0.2) is 0 Å². The maximum Gasteiger partial charge on any atom is 0.303 e. The molecule has 0 unspecified atom stereocenters. The molecule has 132 valence electrons. The van der Waals surface area contributed by atoms with Gasteiger partial charge < -0.3 is 5.11 Å². The zero-order valence-electron chi connectivity index (χ0n) is 15.0. The highest BCUT2D eigenvalue weighted by Crippen LogP contribution is 2.20. The molecule has 0 heterocycles. The molecule has 0 aromatic heterocycles.